The number of hydrogen-bond acceptors (Lipinski definition) is 3. The van der Waals surface area contributed by atoms with Gasteiger partial charge in [-0.2, -0.15) is 0 Å². The van der Waals surface area contributed by atoms with E-state index in [0.29, 0.717) is 25.2 Å². The minimum absolute atomic E-state index is 0.0563. The molecule has 1 aromatic carbocycles. The molecule has 156 valence electrons. The first-order valence-electron chi connectivity index (χ1n) is 10.4. The average Bonchev–Trinajstić information content (AvgIpc) is 2.68. The molecule has 2 atom stereocenters. The number of piperidine rings is 1. The summed E-state index contributed by atoms with van der Waals surface area (Å²) in [7, 11) is 1.78. The van der Waals surface area contributed by atoms with Crippen molar-refractivity contribution in [2.45, 2.75) is 59.2 Å². The summed E-state index contributed by atoms with van der Waals surface area (Å²) in [5, 5.41) is 9.77. The number of rotatable bonds is 7. The summed E-state index contributed by atoms with van der Waals surface area (Å²) in [6.45, 7) is 11.4. The predicted octanol–water partition coefficient (Wildman–Crippen LogP) is 2.37. The van der Waals surface area contributed by atoms with Crippen molar-refractivity contribution in [1.82, 2.24) is 20.9 Å². The molecular weight excluding hydrogens is 350 g/mol. The summed E-state index contributed by atoms with van der Waals surface area (Å²) in [6, 6.07) is 11.6. The molecule has 28 heavy (non-hydrogen) atoms. The second kappa shape index (κ2) is 10.5. The van der Waals surface area contributed by atoms with Gasteiger partial charge in [0.05, 0.1) is 5.41 Å². The number of guanidine groups is 1. The van der Waals surface area contributed by atoms with Gasteiger partial charge in [-0.1, -0.05) is 30.3 Å². The number of nitrogens with zero attached hydrogens (tertiary/aromatic N) is 2. The zero-order valence-electron chi connectivity index (χ0n) is 18.1. The molecule has 0 aromatic heterocycles. The molecule has 1 saturated heterocycles. The van der Waals surface area contributed by atoms with Crippen LogP contribution in [0.2, 0.25) is 0 Å². The predicted molar refractivity (Wildman–Crippen MR) is 116 cm³/mol. The van der Waals surface area contributed by atoms with E-state index < -0.39 is 5.41 Å². The number of carbonyl (C=O) groups is 1. The molecule has 0 aliphatic carbocycles. The molecule has 2 unspecified atom stereocenters. The third kappa shape index (κ3) is 6.51. The highest BCUT2D eigenvalue weighted by molar-refractivity contribution is 5.84. The van der Waals surface area contributed by atoms with Gasteiger partial charge >= 0.3 is 0 Å². The van der Waals surface area contributed by atoms with Crippen molar-refractivity contribution in [3.05, 3.63) is 35.9 Å². The van der Waals surface area contributed by atoms with Crippen molar-refractivity contribution in [2.75, 3.05) is 26.7 Å². The Morgan fingerprint density at radius 1 is 1.25 bits per heavy atom. The first kappa shape index (κ1) is 22.2. The molecule has 1 amide bonds. The van der Waals surface area contributed by atoms with E-state index in [1.807, 2.05) is 20.8 Å². The Morgan fingerprint density at radius 3 is 2.57 bits per heavy atom. The van der Waals surface area contributed by atoms with E-state index in [9.17, 15) is 4.79 Å². The number of hydrogen-bond donors (Lipinski definition) is 3. The smallest absolute Gasteiger partial charge is 0.227 e. The van der Waals surface area contributed by atoms with Crippen LogP contribution in [-0.2, 0) is 11.3 Å². The first-order valence-corrected chi connectivity index (χ1v) is 10.4. The Bertz CT molecular complexity index is 644. The SMILES string of the molecule is CCNC(=O)C(C)(C)CNC(=NC)NC1CCN(Cc2ccccc2)C(C)C1. The van der Waals surface area contributed by atoms with Crippen LogP contribution in [-0.4, -0.2) is 55.5 Å². The molecule has 0 bridgehead atoms. The van der Waals surface area contributed by atoms with Crippen molar-refractivity contribution in [1.29, 1.82) is 0 Å². The van der Waals surface area contributed by atoms with Gasteiger partial charge in [0.25, 0.3) is 0 Å². The van der Waals surface area contributed by atoms with Crippen LogP contribution in [0.3, 0.4) is 0 Å². The van der Waals surface area contributed by atoms with Crippen molar-refractivity contribution < 1.29 is 4.79 Å². The van der Waals surface area contributed by atoms with E-state index in [0.717, 1.165) is 31.9 Å². The van der Waals surface area contributed by atoms with Crippen LogP contribution >= 0.6 is 0 Å². The van der Waals surface area contributed by atoms with Gasteiger partial charge < -0.3 is 16.0 Å². The average molecular weight is 388 g/mol. The van der Waals surface area contributed by atoms with E-state index >= 15 is 0 Å². The number of nitrogens with one attached hydrogen (secondary N) is 3. The quantitative estimate of drug-likeness (QED) is 0.496. The second-order valence-electron chi connectivity index (χ2n) is 8.34. The number of benzene rings is 1. The van der Waals surface area contributed by atoms with Crippen LogP contribution in [0.25, 0.3) is 0 Å². The third-order valence-corrected chi connectivity index (χ3v) is 5.46. The van der Waals surface area contributed by atoms with E-state index in [-0.39, 0.29) is 5.91 Å². The van der Waals surface area contributed by atoms with Crippen LogP contribution in [0, 0.1) is 5.41 Å². The Kier molecular flexibility index (Phi) is 8.30. The number of amides is 1. The highest BCUT2D eigenvalue weighted by atomic mass is 16.2. The molecule has 6 nitrogen and oxygen atoms in total. The summed E-state index contributed by atoms with van der Waals surface area (Å²) in [4.78, 5) is 19.1. The van der Waals surface area contributed by atoms with Gasteiger partial charge in [-0.05, 0) is 46.1 Å². The molecule has 0 spiro atoms. The minimum Gasteiger partial charge on any atom is -0.356 e. The van der Waals surface area contributed by atoms with Gasteiger partial charge in [0, 0.05) is 45.3 Å². The lowest BCUT2D eigenvalue weighted by atomic mass is 9.92. The molecule has 1 aliphatic rings. The Morgan fingerprint density at radius 2 is 1.96 bits per heavy atom. The van der Waals surface area contributed by atoms with E-state index in [1.165, 1.54) is 5.56 Å². The molecule has 0 saturated carbocycles. The molecule has 2 rings (SSSR count). The largest absolute Gasteiger partial charge is 0.356 e. The fourth-order valence-electron chi connectivity index (χ4n) is 3.58. The van der Waals surface area contributed by atoms with Crippen molar-refractivity contribution in [3.8, 4) is 0 Å². The minimum atomic E-state index is -0.486. The fourth-order valence-corrected chi connectivity index (χ4v) is 3.58. The van der Waals surface area contributed by atoms with E-state index in [2.05, 4.69) is 63.1 Å². The number of carbonyl (C=O) groups excluding carboxylic acids is 1. The van der Waals surface area contributed by atoms with Crippen molar-refractivity contribution >= 4 is 11.9 Å². The van der Waals surface area contributed by atoms with Gasteiger partial charge in [0.1, 0.15) is 0 Å². The lowest BCUT2D eigenvalue weighted by Crippen LogP contribution is -2.53. The highest BCUT2D eigenvalue weighted by Gasteiger charge is 2.29. The summed E-state index contributed by atoms with van der Waals surface area (Å²) >= 11 is 0. The molecule has 1 fully saturated rings. The topological polar surface area (TPSA) is 68.8 Å². The molecule has 1 heterocycles. The van der Waals surface area contributed by atoms with Gasteiger partial charge in [-0.25, -0.2) is 0 Å². The Labute approximate surface area is 170 Å². The molecule has 3 N–H and O–H groups in total. The zero-order valence-corrected chi connectivity index (χ0v) is 18.1. The summed E-state index contributed by atoms with van der Waals surface area (Å²) in [5.41, 5.74) is 0.880. The summed E-state index contributed by atoms with van der Waals surface area (Å²) in [6.07, 6.45) is 2.16. The fraction of sp³-hybridized carbons (Fsp3) is 0.636. The molecule has 6 heteroatoms. The van der Waals surface area contributed by atoms with Crippen molar-refractivity contribution in [3.63, 3.8) is 0 Å². The lowest BCUT2D eigenvalue weighted by molar-refractivity contribution is -0.128. The molecule has 0 radical (unpaired) electrons. The number of aliphatic imine (C=N–C) groups is 1. The molecule has 1 aliphatic heterocycles. The monoisotopic (exact) mass is 387 g/mol. The van der Waals surface area contributed by atoms with Gasteiger partial charge in [-0.3, -0.25) is 14.7 Å². The third-order valence-electron chi connectivity index (χ3n) is 5.46. The summed E-state index contributed by atoms with van der Waals surface area (Å²) < 4.78 is 0. The van der Waals surface area contributed by atoms with Gasteiger partial charge in [0.2, 0.25) is 5.91 Å². The maximum Gasteiger partial charge on any atom is 0.227 e. The maximum atomic E-state index is 12.2. The number of likely N-dealkylation sites (tertiary alicyclic amines) is 1. The van der Waals surface area contributed by atoms with Crippen LogP contribution in [0.1, 0.15) is 46.1 Å². The first-order chi connectivity index (χ1) is 13.4. The van der Waals surface area contributed by atoms with Crippen LogP contribution in [0.4, 0.5) is 0 Å². The van der Waals surface area contributed by atoms with Crippen LogP contribution < -0.4 is 16.0 Å². The van der Waals surface area contributed by atoms with E-state index in [4.69, 9.17) is 0 Å². The lowest BCUT2D eigenvalue weighted by Gasteiger charge is -2.38. The standard InChI is InChI=1S/C22H37N5O/c1-6-24-20(28)22(3,4)16-25-21(23-5)26-19-12-13-27(17(2)14-19)15-18-10-8-7-9-11-18/h7-11,17,19H,6,12-16H2,1-5H3,(H,24,28)(H2,23,25,26). The van der Waals surface area contributed by atoms with Crippen LogP contribution in [0.5, 0.6) is 0 Å². The highest BCUT2D eigenvalue weighted by Crippen LogP contribution is 2.20. The van der Waals surface area contributed by atoms with Gasteiger partial charge in [0.15, 0.2) is 5.96 Å². The van der Waals surface area contributed by atoms with E-state index in [1.54, 1.807) is 7.05 Å². The van der Waals surface area contributed by atoms with Crippen molar-refractivity contribution in [2.24, 2.45) is 10.4 Å². The second-order valence-corrected chi connectivity index (χ2v) is 8.34. The Balaban J connectivity index is 1.82. The zero-order chi connectivity index (χ0) is 20.6. The molecule has 1 aromatic rings. The van der Waals surface area contributed by atoms with Gasteiger partial charge in [-0.15, -0.1) is 0 Å². The summed E-state index contributed by atoms with van der Waals surface area (Å²) in [5.74, 6) is 0.826. The normalized spacial score (nSPS) is 21.2. The molecular formula is C22H37N5O. The Hall–Kier alpha value is -2.08. The van der Waals surface area contributed by atoms with Crippen LogP contribution in [0.15, 0.2) is 35.3 Å². The maximum absolute atomic E-state index is 12.2.